The van der Waals surface area contributed by atoms with E-state index in [4.69, 9.17) is 0 Å². The second kappa shape index (κ2) is 3.95. The van der Waals surface area contributed by atoms with Gasteiger partial charge in [-0.3, -0.25) is 4.98 Å². The van der Waals surface area contributed by atoms with E-state index in [0.29, 0.717) is 5.69 Å². The number of benzene rings is 1. The van der Waals surface area contributed by atoms with Gasteiger partial charge in [0.2, 0.25) is 0 Å². The van der Waals surface area contributed by atoms with Gasteiger partial charge in [0.25, 0.3) is 0 Å². The zero-order chi connectivity index (χ0) is 11.7. The molecule has 1 unspecified atom stereocenters. The predicted octanol–water partition coefficient (Wildman–Crippen LogP) is 1.37. The van der Waals surface area contributed by atoms with Gasteiger partial charge in [-0.15, -0.1) is 5.10 Å². The Labute approximate surface area is 97.3 Å². The first-order chi connectivity index (χ1) is 8.36. The summed E-state index contributed by atoms with van der Waals surface area (Å²) in [6, 6.07) is 12.9. The SMILES string of the molecule is OC(c1ccccn1)n1nnc2ccccc21. The van der Waals surface area contributed by atoms with Crippen LogP contribution in [0.25, 0.3) is 11.0 Å². The maximum atomic E-state index is 10.2. The Balaban J connectivity index is 2.10. The zero-order valence-corrected chi connectivity index (χ0v) is 8.93. The van der Waals surface area contributed by atoms with E-state index in [2.05, 4.69) is 15.3 Å². The number of nitrogens with zero attached hydrogens (tertiary/aromatic N) is 4. The van der Waals surface area contributed by atoms with Crippen molar-refractivity contribution in [1.29, 1.82) is 0 Å². The monoisotopic (exact) mass is 226 g/mol. The van der Waals surface area contributed by atoms with E-state index < -0.39 is 6.23 Å². The number of aliphatic hydroxyl groups is 1. The van der Waals surface area contributed by atoms with Crippen molar-refractivity contribution in [3.05, 3.63) is 54.4 Å². The van der Waals surface area contributed by atoms with E-state index in [1.807, 2.05) is 30.3 Å². The van der Waals surface area contributed by atoms with Crippen LogP contribution < -0.4 is 0 Å². The molecule has 0 aliphatic carbocycles. The number of rotatable bonds is 2. The standard InChI is InChI=1S/C12H10N4O/c17-12(10-6-3-4-8-13-10)16-11-7-2-1-5-9(11)14-15-16/h1-8,12,17H. The van der Waals surface area contributed by atoms with E-state index >= 15 is 0 Å². The highest BCUT2D eigenvalue weighted by Crippen LogP contribution is 2.17. The van der Waals surface area contributed by atoms with Crippen molar-refractivity contribution in [3.8, 4) is 0 Å². The normalized spacial score (nSPS) is 12.8. The van der Waals surface area contributed by atoms with Crippen LogP contribution in [0.4, 0.5) is 0 Å². The molecule has 2 aromatic heterocycles. The van der Waals surface area contributed by atoms with E-state index in [-0.39, 0.29) is 0 Å². The number of hydrogen-bond acceptors (Lipinski definition) is 4. The van der Waals surface area contributed by atoms with Crippen LogP contribution in [0.15, 0.2) is 48.7 Å². The fourth-order valence-electron chi connectivity index (χ4n) is 1.72. The summed E-state index contributed by atoms with van der Waals surface area (Å²) in [6.45, 7) is 0. The molecule has 1 atom stereocenters. The molecule has 0 saturated heterocycles. The Morgan fingerprint density at radius 2 is 1.88 bits per heavy atom. The molecular weight excluding hydrogens is 216 g/mol. The Morgan fingerprint density at radius 3 is 2.71 bits per heavy atom. The lowest BCUT2D eigenvalue weighted by Gasteiger charge is -2.10. The van der Waals surface area contributed by atoms with Crippen LogP contribution in [0.5, 0.6) is 0 Å². The average Bonchev–Trinajstić information content (AvgIpc) is 2.83. The minimum atomic E-state index is -0.913. The molecule has 0 aliphatic rings. The molecule has 0 radical (unpaired) electrons. The van der Waals surface area contributed by atoms with Gasteiger partial charge in [0.15, 0.2) is 6.23 Å². The first-order valence-electron chi connectivity index (χ1n) is 5.25. The minimum Gasteiger partial charge on any atom is -0.367 e. The molecular formula is C12H10N4O. The molecule has 0 bridgehead atoms. The molecule has 3 aromatic rings. The zero-order valence-electron chi connectivity index (χ0n) is 8.93. The molecule has 5 nitrogen and oxygen atoms in total. The predicted molar refractivity (Wildman–Crippen MR) is 62.1 cm³/mol. The summed E-state index contributed by atoms with van der Waals surface area (Å²) in [4.78, 5) is 4.10. The molecule has 0 aliphatic heterocycles. The quantitative estimate of drug-likeness (QED) is 0.716. The molecule has 3 rings (SSSR count). The van der Waals surface area contributed by atoms with Gasteiger partial charge in [-0.05, 0) is 24.3 Å². The van der Waals surface area contributed by atoms with Crippen molar-refractivity contribution in [2.24, 2.45) is 0 Å². The largest absolute Gasteiger partial charge is 0.367 e. The van der Waals surface area contributed by atoms with Crippen molar-refractivity contribution >= 4 is 11.0 Å². The molecule has 0 amide bonds. The molecule has 0 spiro atoms. The molecule has 84 valence electrons. The third kappa shape index (κ3) is 1.66. The minimum absolute atomic E-state index is 0.545. The van der Waals surface area contributed by atoms with Gasteiger partial charge in [0.05, 0.1) is 11.2 Å². The van der Waals surface area contributed by atoms with Gasteiger partial charge in [0, 0.05) is 6.20 Å². The first kappa shape index (κ1) is 9.92. The molecule has 0 saturated carbocycles. The lowest BCUT2D eigenvalue weighted by molar-refractivity contribution is 0.130. The average molecular weight is 226 g/mol. The highest BCUT2D eigenvalue weighted by Gasteiger charge is 2.14. The Kier molecular flexibility index (Phi) is 2.31. The third-order valence-electron chi connectivity index (χ3n) is 2.56. The van der Waals surface area contributed by atoms with Crippen molar-refractivity contribution in [2.75, 3.05) is 0 Å². The highest BCUT2D eigenvalue weighted by atomic mass is 16.3. The lowest BCUT2D eigenvalue weighted by atomic mass is 10.3. The summed E-state index contributed by atoms with van der Waals surface area (Å²) < 4.78 is 1.46. The maximum absolute atomic E-state index is 10.2. The second-order valence-electron chi connectivity index (χ2n) is 3.65. The molecule has 5 heteroatoms. The van der Waals surface area contributed by atoms with Crippen LogP contribution in [0, 0.1) is 0 Å². The summed E-state index contributed by atoms with van der Waals surface area (Å²) in [5.41, 5.74) is 2.08. The molecule has 1 N–H and O–H groups in total. The number of aliphatic hydroxyl groups excluding tert-OH is 1. The van der Waals surface area contributed by atoms with Crippen molar-refractivity contribution in [2.45, 2.75) is 6.23 Å². The van der Waals surface area contributed by atoms with Crippen molar-refractivity contribution in [3.63, 3.8) is 0 Å². The number of aromatic nitrogens is 4. The van der Waals surface area contributed by atoms with Crippen LogP contribution >= 0.6 is 0 Å². The fourth-order valence-corrected chi connectivity index (χ4v) is 1.72. The number of pyridine rings is 1. The molecule has 17 heavy (non-hydrogen) atoms. The summed E-state index contributed by atoms with van der Waals surface area (Å²) in [5, 5.41) is 18.1. The Hall–Kier alpha value is -2.27. The Bertz CT molecular complexity index is 635. The van der Waals surface area contributed by atoms with Crippen molar-refractivity contribution < 1.29 is 5.11 Å². The fraction of sp³-hybridized carbons (Fsp3) is 0.0833. The first-order valence-corrected chi connectivity index (χ1v) is 5.25. The Morgan fingerprint density at radius 1 is 1.06 bits per heavy atom. The van der Waals surface area contributed by atoms with Crippen LogP contribution in [0.2, 0.25) is 0 Å². The van der Waals surface area contributed by atoms with Gasteiger partial charge in [-0.1, -0.05) is 23.4 Å². The maximum Gasteiger partial charge on any atom is 0.192 e. The second-order valence-corrected chi connectivity index (χ2v) is 3.65. The van der Waals surface area contributed by atoms with Gasteiger partial charge < -0.3 is 5.11 Å². The van der Waals surface area contributed by atoms with Gasteiger partial charge in [0.1, 0.15) is 5.52 Å². The van der Waals surface area contributed by atoms with Crippen LogP contribution in [-0.2, 0) is 0 Å². The lowest BCUT2D eigenvalue weighted by Crippen LogP contribution is -2.12. The number of fused-ring (bicyclic) bond motifs is 1. The summed E-state index contributed by atoms with van der Waals surface area (Å²) >= 11 is 0. The van der Waals surface area contributed by atoms with Gasteiger partial charge >= 0.3 is 0 Å². The highest BCUT2D eigenvalue weighted by molar-refractivity contribution is 5.74. The molecule has 2 heterocycles. The van der Waals surface area contributed by atoms with Crippen LogP contribution in [0.1, 0.15) is 11.9 Å². The molecule has 0 fully saturated rings. The summed E-state index contributed by atoms with van der Waals surface area (Å²) in [5.74, 6) is 0. The molecule has 1 aromatic carbocycles. The summed E-state index contributed by atoms with van der Waals surface area (Å²) in [6.07, 6.45) is 0.723. The van der Waals surface area contributed by atoms with Crippen LogP contribution in [-0.4, -0.2) is 25.1 Å². The number of para-hydroxylation sites is 1. The van der Waals surface area contributed by atoms with E-state index in [0.717, 1.165) is 11.0 Å². The summed E-state index contributed by atoms with van der Waals surface area (Å²) in [7, 11) is 0. The number of hydrogen-bond donors (Lipinski definition) is 1. The van der Waals surface area contributed by atoms with Crippen molar-refractivity contribution in [1.82, 2.24) is 20.0 Å². The van der Waals surface area contributed by atoms with Gasteiger partial charge in [-0.25, -0.2) is 4.68 Å². The van der Waals surface area contributed by atoms with Gasteiger partial charge in [-0.2, -0.15) is 0 Å². The third-order valence-corrected chi connectivity index (χ3v) is 2.56. The van der Waals surface area contributed by atoms with E-state index in [1.165, 1.54) is 4.68 Å². The van der Waals surface area contributed by atoms with E-state index in [1.54, 1.807) is 18.3 Å². The topological polar surface area (TPSA) is 63.8 Å². The smallest absolute Gasteiger partial charge is 0.192 e. The van der Waals surface area contributed by atoms with Crippen LogP contribution in [0.3, 0.4) is 0 Å². The van der Waals surface area contributed by atoms with E-state index in [9.17, 15) is 5.11 Å².